The van der Waals surface area contributed by atoms with Gasteiger partial charge in [0.1, 0.15) is 5.75 Å². The molecule has 0 saturated carbocycles. The summed E-state index contributed by atoms with van der Waals surface area (Å²) in [6.07, 6.45) is 0. The highest BCUT2D eigenvalue weighted by Crippen LogP contribution is 2.29. The van der Waals surface area contributed by atoms with Crippen molar-refractivity contribution in [3.05, 3.63) is 29.3 Å². The first-order valence-corrected chi connectivity index (χ1v) is 5.95. The standard InChI is InChI=1S/C11H15IO/c1-8(2)9-5-4-6-11(13-3)10(9)7-12/h4-6,8H,7H2,1-3H3. The van der Waals surface area contributed by atoms with Crippen LogP contribution in [0.25, 0.3) is 0 Å². The summed E-state index contributed by atoms with van der Waals surface area (Å²) < 4.78 is 6.33. The van der Waals surface area contributed by atoms with Crippen LogP contribution in [0.2, 0.25) is 0 Å². The predicted molar refractivity (Wildman–Crippen MR) is 64.8 cm³/mol. The van der Waals surface area contributed by atoms with Gasteiger partial charge in [-0.15, -0.1) is 0 Å². The zero-order valence-corrected chi connectivity index (χ0v) is 10.5. The summed E-state index contributed by atoms with van der Waals surface area (Å²) in [5.41, 5.74) is 2.73. The maximum atomic E-state index is 5.32. The highest BCUT2D eigenvalue weighted by Gasteiger charge is 2.09. The van der Waals surface area contributed by atoms with Gasteiger partial charge in [0, 0.05) is 9.99 Å². The summed E-state index contributed by atoms with van der Waals surface area (Å²) in [4.78, 5) is 0. The number of benzene rings is 1. The van der Waals surface area contributed by atoms with Crippen LogP contribution in [-0.4, -0.2) is 7.11 Å². The highest BCUT2D eigenvalue weighted by atomic mass is 127. The minimum Gasteiger partial charge on any atom is -0.496 e. The lowest BCUT2D eigenvalue weighted by atomic mass is 9.97. The second kappa shape index (κ2) is 4.84. The zero-order valence-electron chi connectivity index (χ0n) is 8.30. The molecule has 13 heavy (non-hydrogen) atoms. The monoisotopic (exact) mass is 290 g/mol. The fraction of sp³-hybridized carbons (Fsp3) is 0.455. The minimum atomic E-state index is 0.569. The van der Waals surface area contributed by atoms with Crippen molar-refractivity contribution in [1.29, 1.82) is 0 Å². The van der Waals surface area contributed by atoms with Crippen LogP contribution in [0.15, 0.2) is 18.2 Å². The Labute approximate surface area is 93.6 Å². The van der Waals surface area contributed by atoms with Gasteiger partial charge in [0.05, 0.1) is 7.11 Å². The molecule has 0 aliphatic rings. The average molecular weight is 290 g/mol. The fourth-order valence-electron chi connectivity index (χ4n) is 1.46. The number of methoxy groups -OCH3 is 1. The summed E-state index contributed by atoms with van der Waals surface area (Å²) in [6, 6.07) is 6.27. The minimum absolute atomic E-state index is 0.569. The smallest absolute Gasteiger partial charge is 0.123 e. The van der Waals surface area contributed by atoms with Crippen LogP contribution < -0.4 is 4.74 Å². The van der Waals surface area contributed by atoms with Crippen molar-refractivity contribution in [3.8, 4) is 5.75 Å². The molecule has 1 nitrogen and oxygen atoms in total. The van der Waals surface area contributed by atoms with E-state index in [0.717, 1.165) is 10.2 Å². The quantitative estimate of drug-likeness (QED) is 0.608. The van der Waals surface area contributed by atoms with Crippen LogP contribution in [0.3, 0.4) is 0 Å². The Bertz CT molecular complexity index is 281. The Balaban J connectivity index is 3.19. The molecule has 0 atom stereocenters. The molecule has 0 aliphatic heterocycles. The number of ether oxygens (including phenoxy) is 1. The number of hydrogen-bond donors (Lipinski definition) is 0. The molecule has 0 unspecified atom stereocenters. The van der Waals surface area contributed by atoms with E-state index >= 15 is 0 Å². The van der Waals surface area contributed by atoms with Crippen LogP contribution >= 0.6 is 22.6 Å². The Morgan fingerprint density at radius 2 is 2.08 bits per heavy atom. The van der Waals surface area contributed by atoms with E-state index in [0.29, 0.717) is 5.92 Å². The molecule has 0 spiro atoms. The number of alkyl halides is 1. The van der Waals surface area contributed by atoms with Gasteiger partial charge in [0.25, 0.3) is 0 Å². The van der Waals surface area contributed by atoms with E-state index in [1.54, 1.807) is 7.11 Å². The SMILES string of the molecule is COc1cccc(C(C)C)c1CI. The zero-order chi connectivity index (χ0) is 9.84. The number of hydrogen-bond acceptors (Lipinski definition) is 1. The van der Waals surface area contributed by atoms with Gasteiger partial charge >= 0.3 is 0 Å². The summed E-state index contributed by atoms with van der Waals surface area (Å²) in [5.74, 6) is 1.58. The fourth-order valence-corrected chi connectivity index (χ4v) is 2.27. The first-order chi connectivity index (χ1) is 6.20. The van der Waals surface area contributed by atoms with Crippen LogP contribution in [0.1, 0.15) is 30.9 Å². The molecule has 72 valence electrons. The van der Waals surface area contributed by atoms with Gasteiger partial charge in [0.2, 0.25) is 0 Å². The van der Waals surface area contributed by atoms with Crippen molar-refractivity contribution in [1.82, 2.24) is 0 Å². The van der Waals surface area contributed by atoms with Crippen molar-refractivity contribution in [2.24, 2.45) is 0 Å². The molecule has 0 radical (unpaired) electrons. The van der Waals surface area contributed by atoms with Gasteiger partial charge in [-0.05, 0) is 17.5 Å². The molecule has 2 heteroatoms. The Hall–Kier alpha value is -0.250. The lowest BCUT2D eigenvalue weighted by Crippen LogP contribution is -1.97. The van der Waals surface area contributed by atoms with E-state index in [-0.39, 0.29) is 0 Å². The topological polar surface area (TPSA) is 9.23 Å². The molecule has 1 rings (SSSR count). The number of rotatable bonds is 3. The molecule has 1 aromatic carbocycles. The average Bonchev–Trinajstić information content (AvgIpc) is 2.16. The van der Waals surface area contributed by atoms with Crippen LogP contribution in [0.5, 0.6) is 5.75 Å². The third-order valence-corrected chi connectivity index (χ3v) is 2.91. The molecule has 0 heterocycles. The maximum Gasteiger partial charge on any atom is 0.123 e. The van der Waals surface area contributed by atoms with E-state index < -0.39 is 0 Å². The van der Waals surface area contributed by atoms with Gasteiger partial charge in [-0.2, -0.15) is 0 Å². The molecule has 0 bridgehead atoms. The highest BCUT2D eigenvalue weighted by molar-refractivity contribution is 14.1. The Kier molecular flexibility index (Phi) is 4.03. The molecular weight excluding hydrogens is 275 g/mol. The van der Waals surface area contributed by atoms with Gasteiger partial charge in [-0.3, -0.25) is 0 Å². The molecule has 0 N–H and O–H groups in total. The lowest BCUT2D eigenvalue weighted by Gasteiger charge is -2.14. The van der Waals surface area contributed by atoms with Crippen molar-refractivity contribution < 1.29 is 4.74 Å². The normalized spacial score (nSPS) is 10.5. The van der Waals surface area contributed by atoms with Crippen molar-refractivity contribution in [2.45, 2.75) is 24.2 Å². The molecule has 0 aliphatic carbocycles. The largest absolute Gasteiger partial charge is 0.496 e. The van der Waals surface area contributed by atoms with Crippen LogP contribution in [0, 0.1) is 0 Å². The van der Waals surface area contributed by atoms with E-state index in [1.807, 2.05) is 6.07 Å². The van der Waals surface area contributed by atoms with Crippen molar-refractivity contribution in [2.75, 3.05) is 7.11 Å². The van der Waals surface area contributed by atoms with Crippen LogP contribution in [0.4, 0.5) is 0 Å². The molecule has 0 amide bonds. The van der Waals surface area contributed by atoms with Gasteiger partial charge in [-0.1, -0.05) is 48.6 Å². The van der Waals surface area contributed by atoms with Gasteiger partial charge < -0.3 is 4.74 Å². The van der Waals surface area contributed by atoms with Crippen molar-refractivity contribution >= 4 is 22.6 Å². The summed E-state index contributed by atoms with van der Waals surface area (Å²) >= 11 is 2.38. The van der Waals surface area contributed by atoms with Gasteiger partial charge in [-0.25, -0.2) is 0 Å². The van der Waals surface area contributed by atoms with Crippen LogP contribution in [-0.2, 0) is 4.43 Å². The maximum absolute atomic E-state index is 5.32. The van der Waals surface area contributed by atoms with E-state index in [9.17, 15) is 0 Å². The first kappa shape index (κ1) is 10.8. The molecular formula is C11H15IO. The molecule has 1 aromatic rings. The Morgan fingerprint density at radius 1 is 1.38 bits per heavy atom. The molecule has 0 saturated heterocycles. The third-order valence-electron chi connectivity index (χ3n) is 2.14. The lowest BCUT2D eigenvalue weighted by molar-refractivity contribution is 0.410. The first-order valence-electron chi connectivity index (χ1n) is 4.42. The molecule has 0 fully saturated rings. The summed E-state index contributed by atoms with van der Waals surface area (Å²) in [6.45, 7) is 4.43. The molecule has 0 aromatic heterocycles. The summed E-state index contributed by atoms with van der Waals surface area (Å²) in [5, 5.41) is 0. The van der Waals surface area contributed by atoms with Gasteiger partial charge in [0.15, 0.2) is 0 Å². The van der Waals surface area contributed by atoms with E-state index in [2.05, 4.69) is 48.6 Å². The van der Waals surface area contributed by atoms with Crippen molar-refractivity contribution in [3.63, 3.8) is 0 Å². The van der Waals surface area contributed by atoms with E-state index in [4.69, 9.17) is 4.74 Å². The third kappa shape index (κ3) is 2.36. The summed E-state index contributed by atoms with van der Waals surface area (Å²) in [7, 11) is 1.73. The van der Waals surface area contributed by atoms with E-state index in [1.165, 1.54) is 11.1 Å². The predicted octanol–water partition coefficient (Wildman–Crippen LogP) is 3.75. The second-order valence-electron chi connectivity index (χ2n) is 3.32. The number of halogens is 1. The Morgan fingerprint density at radius 3 is 2.54 bits per heavy atom. The second-order valence-corrected chi connectivity index (χ2v) is 4.08.